The van der Waals surface area contributed by atoms with E-state index >= 15 is 0 Å². The molecule has 1 fully saturated rings. The number of fused-ring (bicyclic) bond motifs is 1. The van der Waals surface area contributed by atoms with Gasteiger partial charge < -0.3 is 4.90 Å². The number of hydrogen-bond donors (Lipinski definition) is 0. The van der Waals surface area contributed by atoms with E-state index in [1.54, 1.807) is 0 Å². The van der Waals surface area contributed by atoms with Gasteiger partial charge in [0.25, 0.3) is 0 Å². The SMILES string of the molecule is ClCC1CCN(c2nnc3ccccc3n2)CC1. The molecular weight excluding hydrogens is 248 g/mol. The molecule has 4 nitrogen and oxygen atoms in total. The maximum atomic E-state index is 5.89. The van der Waals surface area contributed by atoms with Crippen molar-refractivity contribution < 1.29 is 0 Å². The molecule has 0 radical (unpaired) electrons. The van der Waals surface area contributed by atoms with Crippen LogP contribution in [-0.4, -0.2) is 34.2 Å². The summed E-state index contributed by atoms with van der Waals surface area (Å²) in [5.41, 5.74) is 1.75. The number of rotatable bonds is 2. The molecule has 0 aliphatic carbocycles. The third-order valence-corrected chi connectivity index (χ3v) is 3.90. The molecular formula is C13H15ClN4. The fraction of sp³-hybridized carbons (Fsp3) is 0.462. The average molecular weight is 263 g/mol. The minimum Gasteiger partial charge on any atom is -0.339 e. The second-order valence-electron chi connectivity index (χ2n) is 4.69. The Morgan fingerprint density at radius 3 is 2.56 bits per heavy atom. The molecule has 0 bridgehead atoms. The maximum absolute atomic E-state index is 5.89. The number of piperidine rings is 1. The Kier molecular flexibility index (Phi) is 3.28. The van der Waals surface area contributed by atoms with Crippen molar-refractivity contribution in [1.29, 1.82) is 0 Å². The van der Waals surface area contributed by atoms with Gasteiger partial charge in [-0.1, -0.05) is 12.1 Å². The monoisotopic (exact) mass is 262 g/mol. The molecule has 1 aliphatic heterocycles. The highest BCUT2D eigenvalue weighted by molar-refractivity contribution is 6.18. The first kappa shape index (κ1) is 11.7. The van der Waals surface area contributed by atoms with Crippen LogP contribution < -0.4 is 4.90 Å². The van der Waals surface area contributed by atoms with Crippen molar-refractivity contribution in [2.75, 3.05) is 23.9 Å². The first-order valence-electron chi connectivity index (χ1n) is 6.27. The van der Waals surface area contributed by atoms with Crippen LogP contribution in [0.5, 0.6) is 0 Å². The molecule has 1 aromatic heterocycles. The highest BCUT2D eigenvalue weighted by atomic mass is 35.5. The number of aromatic nitrogens is 3. The van der Waals surface area contributed by atoms with Gasteiger partial charge in [0.2, 0.25) is 5.95 Å². The summed E-state index contributed by atoms with van der Waals surface area (Å²) in [4.78, 5) is 6.77. The average Bonchev–Trinajstić information content (AvgIpc) is 2.47. The van der Waals surface area contributed by atoms with E-state index in [0.717, 1.165) is 48.8 Å². The second-order valence-corrected chi connectivity index (χ2v) is 4.99. The van der Waals surface area contributed by atoms with Crippen molar-refractivity contribution in [2.24, 2.45) is 5.92 Å². The zero-order valence-corrected chi connectivity index (χ0v) is 10.8. The van der Waals surface area contributed by atoms with Crippen molar-refractivity contribution in [3.63, 3.8) is 0 Å². The van der Waals surface area contributed by atoms with E-state index in [2.05, 4.69) is 20.1 Å². The molecule has 3 rings (SSSR count). The Labute approximate surface area is 111 Å². The first-order chi connectivity index (χ1) is 8.86. The van der Waals surface area contributed by atoms with Crippen LogP contribution in [0.4, 0.5) is 5.95 Å². The van der Waals surface area contributed by atoms with Gasteiger partial charge in [0.1, 0.15) is 5.52 Å². The molecule has 18 heavy (non-hydrogen) atoms. The van der Waals surface area contributed by atoms with Gasteiger partial charge in [-0.3, -0.25) is 0 Å². The van der Waals surface area contributed by atoms with Gasteiger partial charge in [-0.15, -0.1) is 21.8 Å². The van der Waals surface area contributed by atoms with Crippen LogP contribution in [0.2, 0.25) is 0 Å². The number of anilines is 1. The molecule has 1 aliphatic rings. The van der Waals surface area contributed by atoms with E-state index in [0.29, 0.717) is 5.92 Å². The van der Waals surface area contributed by atoms with E-state index in [-0.39, 0.29) is 0 Å². The van der Waals surface area contributed by atoms with Crippen LogP contribution >= 0.6 is 11.6 Å². The van der Waals surface area contributed by atoms with Crippen LogP contribution in [-0.2, 0) is 0 Å². The van der Waals surface area contributed by atoms with E-state index < -0.39 is 0 Å². The van der Waals surface area contributed by atoms with Crippen LogP contribution in [0, 0.1) is 5.92 Å². The van der Waals surface area contributed by atoms with E-state index in [1.807, 2.05) is 24.3 Å². The van der Waals surface area contributed by atoms with Gasteiger partial charge in [-0.2, -0.15) is 0 Å². The summed E-state index contributed by atoms with van der Waals surface area (Å²) < 4.78 is 0. The minimum absolute atomic E-state index is 0.635. The van der Waals surface area contributed by atoms with E-state index in [4.69, 9.17) is 11.6 Å². The lowest BCUT2D eigenvalue weighted by Gasteiger charge is -2.30. The zero-order valence-electron chi connectivity index (χ0n) is 10.1. The quantitative estimate of drug-likeness (QED) is 0.780. The Bertz CT molecular complexity index is 537. The Morgan fingerprint density at radius 1 is 1.11 bits per heavy atom. The predicted octanol–water partition coefficient (Wildman–Crippen LogP) is 2.48. The van der Waals surface area contributed by atoms with Gasteiger partial charge >= 0.3 is 0 Å². The van der Waals surface area contributed by atoms with Crippen LogP contribution in [0.1, 0.15) is 12.8 Å². The van der Waals surface area contributed by atoms with Gasteiger partial charge in [-0.25, -0.2) is 4.98 Å². The molecule has 1 aromatic carbocycles. The lowest BCUT2D eigenvalue weighted by Crippen LogP contribution is -2.35. The van der Waals surface area contributed by atoms with Gasteiger partial charge in [-0.05, 0) is 30.9 Å². The van der Waals surface area contributed by atoms with Gasteiger partial charge in [0.05, 0.1) is 5.52 Å². The summed E-state index contributed by atoms with van der Waals surface area (Å²) in [5.74, 6) is 2.13. The summed E-state index contributed by atoms with van der Waals surface area (Å²) in [5, 5.41) is 8.43. The number of halogens is 1. The molecule has 0 spiro atoms. The van der Waals surface area contributed by atoms with E-state index in [1.165, 1.54) is 0 Å². The minimum atomic E-state index is 0.635. The lowest BCUT2D eigenvalue weighted by atomic mass is 9.99. The highest BCUT2D eigenvalue weighted by Gasteiger charge is 2.20. The second kappa shape index (κ2) is 5.06. The van der Waals surface area contributed by atoms with Gasteiger partial charge in [0, 0.05) is 19.0 Å². The van der Waals surface area contributed by atoms with Crippen LogP contribution in [0.25, 0.3) is 11.0 Å². The smallest absolute Gasteiger partial charge is 0.245 e. The topological polar surface area (TPSA) is 41.9 Å². The highest BCUT2D eigenvalue weighted by Crippen LogP contribution is 2.22. The normalized spacial score (nSPS) is 17.3. The van der Waals surface area contributed by atoms with Gasteiger partial charge in [0.15, 0.2) is 0 Å². The standard InChI is InChI=1S/C13H15ClN4/c14-9-10-5-7-18(8-6-10)13-15-11-3-1-2-4-12(11)16-17-13/h1-4,10H,5-9H2. The van der Waals surface area contributed by atoms with Crippen LogP contribution in [0.3, 0.4) is 0 Å². The fourth-order valence-electron chi connectivity index (χ4n) is 2.29. The summed E-state index contributed by atoms with van der Waals surface area (Å²) in [6.07, 6.45) is 2.22. The number of para-hydroxylation sites is 1. The molecule has 0 unspecified atom stereocenters. The maximum Gasteiger partial charge on any atom is 0.245 e. The zero-order chi connectivity index (χ0) is 12.4. The summed E-state index contributed by atoms with van der Waals surface area (Å²) in [7, 11) is 0. The third kappa shape index (κ3) is 2.25. The summed E-state index contributed by atoms with van der Waals surface area (Å²) in [6.45, 7) is 1.94. The van der Waals surface area contributed by atoms with Crippen LogP contribution in [0.15, 0.2) is 24.3 Å². The number of alkyl halides is 1. The van der Waals surface area contributed by atoms with Crippen molar-refractivity contribution in [3.8, 4) is 0 Å². The number of benzene rings is 1. The largest absolute Gasteiger partial charge is 0.339 e. The molecule has 1 saturated heterocycles. The molecule has 0 N–H and O–H groups in total. The molecule has 2 aromatic rings. The molecule has 5 heteroatoms. The van der Waals surface area contributed by atoms with Crippen molar-refractivity contribution >= 4 is 28.6 Å². The van der Waals surface area contributed by atoms with E-state index in [9.17, 15) is 0 Å². The predicted molar refractivity (Wildman–Crippen MR) is 73.0 cm³/mol. The van der Waals surface area contributed by atoms with Crippen molar-refractivity contribution in [3.05, 3.63) is 24.3 Å². The number of nitrogens with zero attached hydrogens (tertiary/aromatic N) is 4. The molecule has 0 atom stereocenters. The summed E-state index contributed by atoms with van der Waals surface area (Å²) >= 11 is 5.89. The van der Waals surface area contributed by atoms with Crippen molar-refractivity contribution in [2.45, 2.75) is 12.8 Å². The summed E-state index contributed by atoms with van der Waals surface area (Å²) in [6, 6.07) is 7.82. The Morgan fingerprint density at radius 2 is 1.83 bits per heavy atom. The third-order valence-electron chi connectivity index (χ3n) is 3.46. The number of hydrogen-bond acceptors (Lipinski definition) is 4. The first-order valence-corrected chi connectivity index (χ1v) is 6.80. The molecule has 2 heterocycles. The molecule has 0 saturated carbocycles. The lowest BCUT2D eigenvalue weighted by molar-refractivity contribution is 0.438. The Hall–Kier alpha value is -1.42. The molecule has 0 amide bonds. The fourth-order valence-corrected chi connectivity index (χ4v) is 2.60. The van der Waals surface area contributed by atoms with Crippen molar-refractivity contribution in [1.82, 2.24) is 15.2 Å². The molecule has 94 valence electrons. The Balaban J connectivity index is 1.82.